The fourth-order valence-electron chi connectivity index (χ4n) is 4.97. The van der Waals surface area contributed by atoms with Gasteiger partial charge in [0.15, 0.2) is 26.4 Å². The number of rotatable bonds is 5. The van der Waals surface area contributed by atoms with Gasteiger partial charge in [-0.05, 0) is 30.4 Å². The lowest BCUT2D eigenvalue weighted by Crippen LogP contribution is -2.46. The van der Waals surface area contributed by atoms with E-state index in [2.05, 4.69) is 31.1 Å². The van der Waals surface area contributed by atoms with E-state index in [9.17, 15) is 43.2 Å². The molecule has 20 nitrogen and oxygen atoms in total. The minimum atomic E-state index is -1.36. The van der Waals surface area contributed by atoms with Gasteiger partial charge in [-0.3, -0.25) is 43.0 Å². The maximum Gasteiger partial charge on any atom is 0.329 e. The van der Waals surface area contributed by atoms with Crippen LogP contribution in [0.25, 0.3) is 0 Å². The van der Waals surface area contributed by atoms with Crippen LogP contribution in [0.15, 0.2) is 36.7 Å². The first-order chi connectivity index (χ1) is 25.4. The van der Waals surface area contributed by atoms with Gasteiger partial charge in [-0.15, -0.1) is 0 Å². The summed E-state index contributed by atoms with van der Waals surface area (Å²) in [6.45, 7) is -3.54. The van der Waals surface area contributed by atoms with Crippen LogP contribution in [0.2, 0.25) is 0 Å². The molecule has 4 N–H and O–H groups in total. The number of esters is 4. The first-order valence-electron chi connectivity index (χ1n) is 16.6. The van der Waals surface area contributed by atoms with E-state index >= 15 is 0 Å². The van der Waals surface area contributed by atoms with Gasteiger partial charge in [0, 0.05) is 25.7 Å². The summed E-state index contributed by atoms with van der Waals surface area (Å²) in [5.41, 5.74) is 1.89. The van der Waals surface area contributed by atoms with E-state index in [1.165, 1.54) is 6.20 Å². The quantitative estimate of drug-likeness (QED) is 0.177. The van der Waals surface area contributed by atoms with Crippen LogP contribution >= 0.6 is 0 Å². The molecule has 0 aliphatic carbocycles. The van der Waals surface area contributed by atoms with Gasteiger partial charge in [0.05, 0.1) is 18.3 Å². The molecule has 1 atom stereocenters. The van der Waals surface area contributed by atoms with Gasteiger partial charge in [-0.1, -0.05) is 24.3 Å². The van der Waals surface area contributed by atoms with E-state index in [1.807, 2.05) is 4.90 Å². The summed E-state index contributed by atoms with van der Waals surface area (Å²) in [4.78, 5) is 112. The van der Waals surface area contributed by atoms with Crippen molar-refractivity contribution < 1.29 is 62.1 Å². The second-order valence-corrected chi connectivity index (χ2v) is 11.8. The predicted molar refractivity (Wildman–Crippen MR) is 176 cm³/mol. The number of cyclic esters (lactones) is 4. The number of nitrogens with zero attached hydrogens (tertiary/aromatic N) is 3. The van der Waals surface area contributed by atoms with Crippen LogP contribution in [0.4, 0.5) is 0 Å². The van der Waals surface area contributed by atoms with E-state index in [-0.39, 0.29) is 12.3 Å². The zero-order valence-corrected chi connectivity index (χ0v) is 28.6. The summed E-state index contributed by atoms with van der Waals surface area (Å²) in [6, 6.07) is 5.57. The van der Waals surface area contributed by atoms with Gasteiger partial charge in [0.25, 0.3) is 29.5 Å². The molecule has 1 aromatic carbocycles. The SMILES string of the molecule is O=C1COC(=O)CNC(=O)COC(=O)C(Cc2ccc(Cn3cc(C(=O)N4CCCCC4)cn3)cc2)NC(=O)COC(=O)CNC(=O)COC(=O)CN1. The lowest BCUT2D eigenvalue weighted by Gasteiger charge is -2.26. The molecular formula is C33H39N7O13. The summed E-state index contributed by atoms with van der Waals surface area (Å²) in [6.07, 6.45) is 6.15. The Morgan fingerprint density at radius 3 is 1.70 bits per heavy atom. The molecule has 2 aliphatic rings. The summed E-state index contributed by atoms with van der Waals surface area (Å²) >= 11 is 0. The number of hydrogen-bond acceptors (Lipinski definition) is 14. The number of aromatic nitrogens is 2. The molecule has 20 heteroatoms. The summed E-state index contributed by atoms with van der Waals surface area (Å²) < 4.78 is 20.9. The molecule has 0 spiro atoms. The van der Waals surface area contributed by atoms with Crippen molar-refractivity contribution in [1.82, 2.24) is 35.9 Å². The number of nitrogens with one attached hydrogen (secondary N) is 4. The molecule has 2 fully saturated rings. The second-order valence-electron chi connectivity index (χ2n) is 11.8. The largest absolute Gasteiger partial charge is 0.454 e. The highest BCUT2D eigenvalue weighted by atomic mass is 16.6. The Hall–Kier alpha value is -6.34. The normalized spacial score (nSPS) is 19.5. The van der Waals surface area contributed by atoms with Gasteiger partial charge in [0.1, 0.15) is 25.7 Å². The third-order valence-corrected chi connectivity index (χ3v) is 7.68. The van der Waals surface area contributed by atoms with Crippen LogP contribution in [-0.2, 0) is 70.3 Å². The van der Waals surface area contributed by atoms with Gasteiger partial charge >= 0.3 is 23.9 Å². The van der Waals surface area contributed by atoms with Crippen molar-refractivity contribution in [2.75, 3.05) is 59.2 Å². The first-order valence-corrected chi connectivity index (χ1v) is 16.6. The molecule has 2 aliphatic heterocycles. The van der Waals surface area contributed by atoms with Crippen LogP contribution < -0.4 is 21.3 Å². The lowest BCUT2D eigenvalue weighted by atomic mass is 10.0. The Labute approximate surface area is 302 Å². The summed E-state index contributed by atoms with van der Waals surface area (Å²) in [7, 11) is 0. The number of piperidine rings is 1. The van der Waals surface area contributed by atoms with E-state index in [4.69, 9.17) is 14.2 Å². The van der Waals surface area contributed by atoms with Crippen LogP contribution in [0.3, 0.4) is 0 Å². The smallest absolute Gasteiger partial charge is 0.329 e. The fourth-order valence-corrected chi connectivity index (χ4v) is 4.97. The highest BCUT2D eigenvalue weighted by Crippen LogP contribution is 2.14. The molecule has 284 valence electrons. The third-order valence-electron chi connectivity index (χ3n) is 7.68. The number of benzene rings is 1. The van der Waals surface area contributed by atoms with Crippen molar-refractivity contribution >= 4 is 53.4 Å². The topological polar surface area (TPSA) is 260 Å². The van der Waals surface area contributed by atoms with Crippen molar-refractivity contribution in [3.63, 3.8) is 0 Å². The first kappa shape index (κ1) is 39.4. The molecule has 4 rings (SSSR count). The average Bonchev–Trinajstić information content (AvgIpc) is 3.63. The van der Waals surface area contributed by atoms with Gasteiger partial charge in [0.2, 0.25) is 0 Å². The van der Waals surface area contributed by atoms with Crippen LogP contribution in [0.5, 0.6) is 0 Å². The molecular weight excluding hydrogens is 702 g/mol. The molecule has 0 radical (unpaired) electrons. The lowest BCUT2D eigenvalue weighted by molar-refractivity contribution is -0.154. The van der Waals surface area contributed by atoms with Crippen LogP contribution in [-0.4, -0.2) is 133 Å². The molecule has 2 aromatic rings. The van der Waals surface area contributed by atoms with E-state index in [0.29, 0.717) is 17.7 Å². The highest BCUT2D eigenvalue weighted by Gasteiger charge is 2.25. The van der Waals surface area contributed by atoms with Crippen LogP contribution in [0, 0.1) is 0 Å². The standard InChI is InChI=1S/C33H39N7O13/c41-25-17-51-30(46)13-36-27(43)19-53-33(49)24(38-28(44)20-52-31(47)14-35-26(42)18-50-29(45)12-34-25)10-21-4-6-22(7-5-21)15-40-16-23(11-37-40)32(48)39-8-2-1-3-9-39/h4-7,11,16,24H,1-3,8-10,12-15,17-20H2,(H,34,41)(H,35,42)(H,36,43)(H,38,44). The average molecular weight is 742 g/mol. The molecule has 2 saturated heterocycles. The molecule has 0 bridgehead atoms. The van der Waals surface area contributed by atoms with E-state index in [1.54, 1.807) is 35.1 Å². The van der Waals surface area contributed by atoms with Crippen molar-refractivity contribution in [2.45, 2.75) is 38.3 Å². The Bertz CT molecular complexity index is 1690. The highest BCUT2D eigenvalue weighted by molar-refractivity contribution is 5.94. The number of amides is 5. The Morgan fingerprint density at radius 2 is 1.15 bits per heavy atom. The Balaban J connectivity index is 1.37. The van der Waals surface area contributed by atoms with Crippen molar-refractivity contribution in [2.24, 2.45) is 0 Å². The Morgan fingerprint density at radius 1 is 0.660 bits per heavy atom. The molecule has 53 heavy (non-hydrogen) atoms. The minimum absolute atomic E-state index is 0.0615. The number of carbonyl (C=O) groups excluding carboxylic acids is 9. The maximum atomic E-state index is 13.0. The fraction of sp³-hybridized carbons (Fsp3) is 0.455. The van der Waals surface area contributed by atoms with Crippen molar-refractivity contribution in [3.05, 3.63) is 53.3 Å². The molecule has 5 amide bonds. The molecule has 0 saturated carbocycles. The summed E-state index contributed by atoms with van der Waals surface area (Å²) in [5.74, 6) is -7.72. The number of hydrogen-bond donors (Lipinski definition) is 4. The molecule has 3 heterocycles. The number of likely N-dealkylation sites (tertiary alicyclic amines) is 1. The van der Waals surface area contributed by atoms with Crippen molar-refractivity contribution in [1.29, 1.82) is 0 Å². The third kappa shape index (κ3) is 13.7. The monoisotopic (exact) mass is 741 g/mol. The zero-order valence-electron chi connectivity index (χ0n) is 28.6. The van der Waals surface area contributed by atoms with Crippen molar-refractivity contribution in [3.8, 4) is 0 Å². The van der Waals surface area contributed by atoms with Crippen LogP contribution in [0.1, 0.15) is 40.7 Å². The van der Waals surface area contributed by atoms with Gasteiger partial charge in [-0.25, -0.2) is 4.79 Å². The second kappa shape index (κ2) is 19.9. The molecule has 1 aromatic heterocycles. The summed E-state index contributed by atoms with van der Waals surface area (Å²) in [5, 5.41) is 13.1. The van der Waals surface area contributed by atoms with Gasteiger partial charge < -0.3 is 45.1 Å². The zero-order chi connectivity index (χ0) is 38.2. The van der Waals surface area contributed by atoms with E-state index < -0.39 is 99.6 Å². The maximum absolute atomic E-state index is 13.0. The Kier molecular flexibility index (Phi) is 14.8. The number of carbonyl (C=O) groups is 9. The molecule has 1 unspecified atom stereocenters. The number of ether oxygens (including phenoxy) is 4. The van der Waals surface area contributed by atoms with Gasteiger partial charge in [-0.2, -0.15) is 5.10 Å². The van der Waals surface area contributed by atoms with E-state index in [0.717, 1.165) is 37.9 Å². The predicted octanol–water partition coefficient (Wildman–Crippen LogP) is -2.88. The minimum Gasteiger partial charge on any atom is -0.454 e.